The number of hydrogen-bond donors (Lipinski definition) is 0. The Hall–Kier alpha value is -1.32. The average molecular weight is 239 g/mol. The molecule has 0 N–H and O–H groups in total. The number of aryl methyl sites for hydroxylation is 2. The molecule has 0 unspecified atom stereocenters. The lowest BCUT2D eigenvalue weighted by Gasteiger charge is -2.02. The second kappa shape index (κ2) is 7.09. The van der Waals surface area contributed by atoms with Crippen LogP contribution in [0.4, 0.5) is 0 Å². The van der Waals surface area contributed by atoms with Crippen molar-refractivity contribution in [2.75, 3.05) is 0 Å². The highest BCUT2D eigenvalue weighted by molar-refractivity contribution is 5.71. The average Bonchev–Trinajstić information content (AvgIpc) is 2.66. The van der Waals surface area contributed by atoms with E-state index in [0.717, 1.165) is 19.4 Å². The highest BCUT2D eigenvalue weighted by atomic mass is 16.6. The molecule has 0 radical (unpaired) electrons. The first-order chi connectivity index (χ1) is 8.19. The van der Waals surface area contributed by atoms with Crippen LogP contribution in [-0.4, -0.2) is 10.5 Å². The minimum absolute atomic E-state index is 0.134. The van der Waals surface area contributed by atoms with E-state index in [1.54, 1.807) is 0 Å². The van der Waals surface area contributed by atoms with Crippen LogP contribution in [0.5, 0.6) is 6.01 Å². The van der Waals surface area contributed by atoms with E-state index >= 15 is 0 Å². The first-order valence-corrected chi connectivity index (χ1v) is 6.44. The molecular formula is C13H23N2O2+. The van der Waals surface area contributed by atoms with Gasteiger partial charge < -0.3 is 4.74 Å². The Morgan fingerprint density at radius 1 is 1.35 bits per heavy atom. The topological polar surface area (TPSA) is 35.1 Å². The van der Waals surface area contributed by atoms with Gasteiger partial charge in [0.25, 0.3) is 0 Å². The molecule has 4 heteroatoms. The minimum atomic E-state index is -0.134. The summed E-state index contributed by atoms with van der Waals surface area (Å²) >= 11 is 0. The molecule has 0 atom stereocenters. The molecule has 0 aliphatic carbocycles. The van der Waals surface area contributed by atoms with Crippen LogP contribution in [0, 0.1) is 0 Å². The molecule has 0 spiro atoms. The zero-order valence-electron chi connectivity index (χ0n) is 11.1. The Morgan fingerprint density at radius 2 is 2.12 bits per heavy atom. The quantitative estimate of drug-likeness (QED) is 0.415. The van der Waals surface area contributed by atoms with Crippen LogP contribution in [0.15, 0.2) is 12.4 Å². The normalized spacial score (nSPS) is 10.5. The summed E-state index contributed by atoms with van der Waals surface area (Å²) in [7, 11) is 1.88. The van der Waals surface area contributed by atoms with Crippen molar-refractivity contribution in [3.63, 3.8) is 0 Å². The van der Waals surface area contributed by atoms with Crippen molar-refractivity contribution in [3.05, 3.63) is 12.4 Å². The summed E-state index contributed by atoms with van der Waals surface area (Å²) in [5.74, 6) is -0.134. The molecule has 0 saturated carbocycles. The van der Waals surface area contributed by atoms with Gasteiger partial charge in [-0.3, -0.25) is 4.79 Å². The molecule has 1 aromatic rings. The Labute approximate surface area is 103 Å². The van der Waals surface area contributed by atoms with Crippen molar-refractivity contribution in [2.24, 2.45) is 7.05 Å². The highest BCUT2D eigenvalue weighted by Gasteiger charge is 2.18. The molecule has 1 heterocycles. The number of esters is 1. The zero-order chi connectivity index (χ0) is 12.7. The molecule has 1 aromatic heterocycles. The Morgan fingerprint density at radius 3 is 2.76 bits per heavy atom. The van der Waals surface area contributed by atoms with E-state index in [2.05, 4.69) is 6.92 Å². The van der Waals surface area contributed by atoms with Gasteiger partial charge in [0.15, 0.2) is 0 Å². The number of rotatable bonds is 7. The molecule has 0 aliphatic heterocycles. The summed E-state index contributed by atoms with van der Waals surface area (Å²) in [4.78, 5) is 11.6. The fraction of sp³-hybridized carbons (Fsp3) is 0.692. The van der Waals surface area contributed by atoms with E-state index in [1.807, 2.05) is 35.5 Å². The van der Waals surface area contributed by atoms with Crippen LogP contribution in [0.2, 0.25) is 0 Å². The summed E-state index contributed by atoms with van der Waals surface area (Å²) in [6.07, 6.45) is 8.71. The second-order valence-electron chi connectivity index (χ2n) is 4.26. The van der Waals surface area contributed by atoms with Crippen LogP contribution in [0.3, 0.4) is 0 Å². The third-order valence-corrected chi connectivity index (χ3v) is 2.80. The van der Waals surface area contributed by atoms with Gasteiger partial charge in [-0.05, 0) is 13.3 Å². The molecule has 0 amide bonds. The third-order valence-electron chi connectivity index (χ3n) is 2.80. The van der Waals surface area contributed by atoms with Crippen molar-refractivity contribution in [2.45, 2.75) is 52.5 Å². The number of ether oxygens (including phenoxy) is 1. The van der Waals surface area contributed by atoms with Crippen molar-refractivity contribution in [1.82, 2.24) is 4.57 Å². The monoisotopic (exact) mass is 239 g/mol. The fourth-order valence-corrected chi connectivity index (χ4v) is 1.73. The molecule has 0 aromatic carbocycles. The summed E-state index contributed by atoms with van der Waals surface area (Å²) in [6, 6.07) is 0.619. The smallest absolute Gasteiger partial charge is 0.357 e. The van der Waals surface area contributed by atoms with Gasteiger partial charge in [-0.25, -0.2) is 0 Å². The fourth-order valence-electron chi connectivity index (χ4n) is 1.73. The molecule has 1 rings (SSSR count). The van der Waals surface area contributed by atoms with E-state index < -0.39 is 0 Å². The maximum atomic E-state index is 11.6. The Bertz CT molecular complexity index is 358. The molecule has 0 fully saturated rings. The third kappa shape index (κ3) is 4.21. The van der Waals surface area contributed by atoms with Crippen molar-refractivity contribution in [1.29, 1.82) is 0 Å². The van der Waals surface area contributed by atoms with E-state index in [9.17, 15) is 4.79 Å². The Balaban J connectivity index is 2.42. The molecule has 0 saturated heterocycles. The molecule has 0 aliphatic rings. The number of unbranched alkanes of at least 4 members (excludes halogenated alkanes) is 3. The van der Waals surface area contributed by atoms with E-state index in [-0.39, 0.29) is 5.97 Å². The number of imidazole rings is 1. The van der Waals surface area contributed by atoms with Crippen LogP contribution >= 0.6 is 0 Å². The van der Waals surface area contributed by atoms with Crippen molar-refractivity contribution < 1.29 is 14.1 Å². The van der Waals surface area contributed by atoms with E-state index in [1.165, 1.54) is 12.8 Å². The maximum Gasteiger partial charge on any atom is 0.463 e. The van der Waals surface area contributed by atoms with Gasteiger partial charge in [0.2, 0.25) is 0 Å². The summed E-state index contributed by atoms with van der Waals surface area (Å²) in [5, 5.41) is 0. The van der Waals surface area contributed by atoms with Gasteiger partial charge in [0, 0.05) is 6.42 Å². The second-order valence-corrected chi connectivity index (χ2v) is 4.26. The first-order valence-electron chi connectivity index (χ1n) is 6.44. The SMILES string of the molecule is CCCCCCC(=O)Oc1n(CC)cc[n+]1C. The predicted molar refractivity (Wildman–Crippen MR) is 65.7 cm³/mol. The maximum absolute atomic E-state index is 11.6. The number of aromatic nitrogens is 2. The van der Waals surface area contributed by atoms with E-state index in [0.29, 0.717) is 12.4 Å². The lowest BCUT2D eigenvalue weighted by Crippen LogP contribution is -2.30. The number of carbonyl (C=O) groups excluding carboxylic acids is 1. The van der Waals surface area contributed by atoms with Gasteiger partial charge >= 0.3 is 12.0 Å². The van der Waals surface area contributed by atoms with Crippen LogP contribution < -0.4 is 9.30 Å². The summed E-state index contributed by atoms with van der Waals surface area (Å²) in [6.45, 7) is 4.99. The van der Waals surface area contributed by atoms with Crippen molar-refractivity contribution in [3.8, 4) is 6.01 Å². The molecular weight excluding hydrogens is 216 g/mol. The predicted octanol–water partition coefficient (Wildman–Crippen LogP) is 2.21. The molecule has 0 bridgehead atoms. The van der Waals surface area contributed by atoms with Crippen LogP contribution in [0.25, 0.3) is 0 Å². The standard InChI is InChI=1S/C13H23N2O2/c1-4-6-7-8-9-12(16)17-13-14(3)10-11-15(13)5-2/h10-11H,4-9H2,1-3H3/q+1. The van der Waals surface area contributed by atoms with Gasteiger partial charge in [-0.1, -0.05) is 26.2 Å². The molecule has 17 heavy (non-hydrogen) atoms. The largest absolute Gasteiger partial charge is 0.463 e. The number of nitrogens with zero attached hydrogens (tertiary/aromatic N) is 2. The van der Waals surface area contributed by atoms with Crippen LogP contribution in [0.1, 0.15) is 46.0 Å². The highest BCUT2D eigenvalue weighted by Crippen LogP contribution is 2.08. The van der Waals surface area contributed by atoms with Crippen molar-refractivity contribution >= 4 is 5.97 Å². The Kier molecular flexibility index (Phi) is 5.73. The van der Waals surface area contributed by atoms with Gasteiger partial charge in [0.05, 0.1) is 13.6 Å². The zero-order valence-corrected chi connectivity index (χ0v) is 11.1. The lowest BCUT2D eigenvalue weighted by molar-refractivity contribution is -0.675. The lowest BCUT2D eigenvalue weighted by atomic mass is 10.2. The summed E-state index contributed by atoms with van der Waals surface area (Å²) < 4.78 is 9.12. The minimum Gasteiger partial charge on any atom is -0.357 e. The molecule has 96 valence electrons. The van der Waals surface area contributed by atoms with Gasteiger partial charge in [-0.15, -0.1) is 0 Å². The van der Waals surface area contributed by atoms with E-state index in [4.69, 9.17) is 4.74 Å². The van der Waals surface area contributed by atoms with Gasteiger partial charge in [0.1, 0.15) is 12.4 Å². The first kappa shape index (κ1) is 13.7. The summed E-state index contributed by atoms with van der Waals surface area (Å²) in [5.41, 5.74) is 0. The molecule has 4 nitrogen and oxygen atoms in total. The van der Waals surface area contributed by atoms with Gasteiger partial charge in [-0.2, -0.15) is 9.13 Å². The van der Waals surface area contributed by atoms with Crippen LogP contribution in [-0.2, 0) is 18.4 Å². The number of carbonyl (C=O) groups is 1. The number of hydrogen-bond acceptors (Lipinski definition) is 2.